The Hall–Kier alpha value is -4.65. The third-order valence-corrected chi connectivity index (χ3v) is 5.46. The van der Waals surface area contributed by atoms with Gasteiger partial charge in [-0.2, -0.15) is 5.10 Å². The summed E-state index contributed by atoms with van der Waals surface area (Å²) in [6.45, 7) is 2.62. The van der Waals surface area contributed by atoms with Gasteiger partial charge in [-0.15, -0.1) is 0 Å². The summed E-state index contributed by atoms with van der Waals surface area (Å²) in [5.41, 5.74) is 3.66. The van der Waals surface area contributed by atoms with Crippen molar-refractivity contribution < 1.29 is 23.8 Å². The minimum atomic E-state index is -0.427. The molecule has 188 valence electrons. The van der Waals surface area contributed by atoms with Gasteiger partial charge >= 0.3 is 5.97 Å². The highest BCUT2D eigenvalue weighted by molar-refractivity contribution is 6.05. The number of rotatable bonds is 11. The summed E-state index contributed by atoms with van der Waals surface area (Å²) in [7, 11) is 0. The van der Waals surface area contributed by atoms with Crippen LogP contribution in [0.1, 0.15) is 35.7 Å². The zero-order chi connectivity index (χ0) is 25.9. The van der Waals surface area contributed by atoms with Crippen LogP contribution in [0.5, 0.6) is 17.2 Å². The average Bonchev–Trinajstić information content (AvgIpc) is 2.93. The van der Waals surface area contributed by atoms with Crippen LogP contribution in [0, 0.1) is 0 Å². The van der Waals surface area contributed by atoms with Crippen LogP contribution < -0.4 is 19.6 Å². The molecule has 0 aliphatic carbocycles. The molecule has 0 aliphatic heterocycles. The van der Waals surface area contributed by atoms with Crippen LogP contribution >= 0.6 is 0 Å². The Balaban J connectivity index is 1.23. The van der Waals surface area contributed by atoms with E-state index in [2.05, 4.69) is 17.5 Å². The Labute approximate surface area is 215 Å². The zero-order valence-electron chi connectivity index (χ0n) is 20.6. The number of hydrogen-bond acceptors (Lipinski definition) is 6. The normalized spacial score (nSPS) is 10.8. The maximum absolute atomic E-state index is 12.7. The molecule has 7 heteroatoms. The first-order valence-electron chi connectivity index (χ1n) is 12.1. The molecule has 0 aromatic heterocycles. The van der Waals surface area contributed by atoms with Gasteiger partial charge in [-0.3, -0.25) is 4.79 Å². The lowest BCUT2D eigenvalue weighted by molar-refractivity contribution is -0.123. The first-order valence-corrected chi connectivity index (χ1v) is 12.1. The summed E-state index contributed by atoms with van der Waals surface area (Å²) in [5, 5.41) is 5.76. The molecule has 1 N–H and O–H groups in total. The Bertz CT molecular complexity index is 1360. The predicted octanol–water partition coefficient (Wildman–Crippen LogP) is 5.77. The zero-order valence-corrected chi connectivity index (χ0v) is 20.6. The van der Waals surface area contributed by atoms with Crippen LogP contribution in [0.25, 0.3) is 10.8 Å². The van der Waals surface area contributed by atoms with Crippen molar-refractivity contribution in [2.24, 2.45) is 5.10 Å². The fraction of sp³-hybridized carbons (Fsp3) is 0.167. The summed E-state index contributed by atoms with van der Waals surface area (Å²) < 4.78 is 16.6. The molecule has 0 bridgehead atoms. The number of amides is 1. The van der Waals surface area contributed by atoms with E-state index in [-0.39, 0.29) is 12.5 Å². The molecule has 0 saturated heterocycles. The number of fused-ring (bicyclic) bond motifs is 1. The highest BCUT2D eigenvalue weighted by Gasteiger charge is 2.12. The molecule has 4 aromatic rings. The van der Waals surface area contributed by atoms with Crippen molar-refractivity contribution in [3.8, 4) is 17.2 Å². The van der Waals surface area contributed by atoms with E-state index in [1.54, 1.807) is 42.5 Å². The number of ether oxygens (including phenoxy) is 3. The van der Waals surface area contributed by atoms with Crippen LogP contribution in [0.15, 0.2) is 96.1 Å². The molecule has 0 radical (unpaired) electrons. The Morgan fingerprint density at radius 2 is 1.49 bits per heavy atom. The molecule has 7 nitrogen and oxygen atoms in total. The number of nitrogens with one attached hydrogen (secondary N) is 1. The quantitative estimate of drug-likeness (QED) is 0.0937. The van der Waals surface area contributed by atoms with Gasteiger partial charge in [0.05, 0.1) is 18.4 Å². The van der Waals surface area contributed by atoms with Crippen molar-refractivity contribution in [3.63, 3.8) is 0 Å². The van der Waals surface area contributed by atoms with Gasteiger partial charge in [0.1, 0.15) is 17.2 Å². The Kier molecular flexibility index (Phi) is 8.86. The van der Waals surface area contributed by atoms with Crippen LogP contribution in [-0.4, -0.2) is 31.3 Å². The van der Waals surface area contributed by atoms with Gasteiger partial charge in [0.15, 0.2) is 6.61 Å². The number of hydrogen-bond donors (Lipinski definition) is 1. The van der Waals surface area contributed by atoms with Gasteiger partial charge in [0.2, 0.25) is 0 Å². The van der Waals surface area contributed by atoms with Crippen molar-refractivity contribution in [2.75, 3.05) is 13.2 Å². The number of unbranched alkanes of at least 4 members (excludes halogenated alkanes) is 1. The molecular formula is C30H28N2O5. The predicted molar refractivity (Wildman–Crippen MR) is 143 cm³/mol. The van der Waals surface area contributed by atoms with Crippen molar-refractivity contribution in [1.82, 2.24) is 5.43 Å². The van der Waals surface area contributed by atoms with Crippen molar-refractivity contribution >= 4 is 28.9 Å². The SMILES string of the molecule is CCCCOc1ccc(OCC(=O)N/N=C/c2ccc(OC(=O)c3cccc4ccccc34)cc2)cc1. The summed E-state index contributed by atoms with van der Waals surface area (Å²) in [6.07, 6.45) is 3.57. The lowest BCUT2D eigenvalue weighted by atomic mass is 10.0. The molecule has 4 rings (SSSR count). The second kappa shape index (κ2) is 12.9. The second-order valence-corrected chi connectivity index (χ2v) is 8.24. The molecule has 4 aromatic carbocycles. The van der Waals surface area contributed by atoms with Gasteiger partial charge in [-0.25, -0.2) is 10.2 Å². The minimum Gasteiger partial charge on any atom is -0.494 e. The molecule has 1 amide bonds. The first-order chi connectivity index (χ1) is 18.1. The number of hydrazone groups is 1. The lowest BCUT2D eigenvalue weighted by Gasteiger charge is -2.08. The number of carbonyl (C=O) groups is 2. The topological polar surface area (TPSA) is 86.2 Å². The maximum Gasteiger partial charge on any atom is 0.344 e. The molecule has 37 heavy (non-hydrogen) atoms. The fourth-order valence-corrected chi connectivity index (χ4v) is 3.51. The smallest absolute Gasteiger partial charge is 0.344 e. The second-order valence-electron chi connectivity index (χ2n) is 8.24. The number of carbonyl (C=O) groups excluding carboxylic acids is 2. The van der Waals surface area contributed by atoms with E-state index in [0.29, 0.717) is 23.7 Å². The Morgan fingerprint density at radius 3 is 2.24 bits per heavy atom. The third-order valence-electron chi connectivity index (χ3n) is 5.46. The standard InChI is InChI=1S/C30H28N2O5/c1-2-3-19-35-24-15-17-25(18-16-24)36-21-29(33)32-31-20-22-11-13-26(14-12-22)37-30(34)28-10-6-8-23-7-4-5-9-27(23)28/h4-18,20H,2-3,19,21H2,1H3,(H,32,33)/b31-20+. The van der Waals surface area contributed by atoms with E-state index in [1.165, 1.54) is 6.21 Å². The summed E-state index contributed by atoms with van der Waals surface area (Å²) in [5.74, 6) is 0.929. The van der Waals surface area contributed by atoms with Crippen molar-refractivity contribution in [2.45, 2.75) is 19.8 Å². The van der Waals surface area contributed by atoms with E-state index in [4.69, 9.17) is 14.2 Å². The Morgan fingerprint density at radius 1 is 0.811 bits per heavy atom. The summed E-state index contributed by atoms with van der Waals surface area (Å²) >= 11 is 0. The highest BCUT2D eigenvalue weighted by Crippen LogP contribution is 2.21. The lowest BCUT2D eigenvalue weighted by Crippen LogP contribution is -2.24. The van der Waals surface area contributed by atoms with Crippen LogP contribution in [-0.2, 0) is 4.79 Å². The van der Waals surface area contributed by atoms with Gasteiger partial charge in [0.25, 0.3) is 5.91 Å². The molecule has 0 fully saturated rings. The van der Waals surface area contributed by atoms with Gasteiger partial charge in [-0.05, 0) is 77.4 Å². The van der Waals surface area contributed by atoms with Gasteiger partial charge in [-0.1, -0.05) is 49.7 Å². The summed E-state index contributed by atoms with van der Waals surface area (Å²) in [4.78, 5) is 24.7. The van der Waals surface area contributed by atoms with Crippen molar-refractivity contribution in [1.29, 1.82) is 0 Å². The van der Waals surface area contributed by atoms with Gasteiger partial charge < -0.3 is 14.2 Å². The molecule has 0 atom stereocenters. The van der Waals surface area contributed by atoms with E-state index in [0.717, 1.165) is 34.9 Å². The largest absolute Gasteiger partial charge is 0.494 e. The fourth-order valence-electron chi connectivity index (χ4n) is 3.51. The third kappa shape index (κ3) is 7.41. The average molecular weight is 497 g/mol. The van der Waals surface area contributed by atoms with Crippen LogP contribution in [0.4, 0.5) is 0 Å². The van der Waals surface area contributed by atoms with E-state index in [1.807, 2.05) is 48.5 Å². The molecule has 0 saturated carbocycles. The highest BCUT2D eigenvalue weighted by atomic mass is 16.5. The first kappa shape index (κ1) is 25.4. The van der Waals surface area contributed by atoms with Crippen LogP contribution in [0.2, 0.25) is 0 Å². The van der Waals surface area contributed by atoms with E-state index in [9.17, 15) is 9.59 Å². The molecule has 0 aliphatic rings. The molecular weight excluding hydrogens is 468 g/mol. The van der Waals surface area contributed by atoms with Crippen molar-refractivity contribution in [3.05, 3.63) is 102 Å². The minimum absolute atomic E-state index is 0.170. The monoisotopic (exact) mass is 496 g/mol. The molecule has 0 unspecified atom stereocenters. The molecule has 0 spiro atoms. The molecule has 0 heterocycles. The van der Waals surface area contributed by atoms with E-state index < -0.39 is 5.97 Å². The summed E-state index contributed by atoms with van der Waals surface area (Å²) in [6, 6.07) is 27.1. The van der Waals surface area contributed by atoms with E-state index >= 15 is 0 Å². The van der Waals surface area contributed by atoms with Gasteiger partial charge in [0, 0.05) is 0 Å². The number of esters is 1. The number of nitrogens with zero attached hydrogens (tertiary/aromatic N) is 1. The van der Waals surface area contributed by atoms with Crippen LogP contribution in [0.3, 0.4) is 0 Å². The maximum atomic E-state index is 12.7. The number of benzene rings is 4.